The highest BCUT2D eigenvalue weighted by Crippen LogP contribution is 2.31. The number of benzene rings is 1. The van der Waals surface area contributed by atoms with Crippen LogP contribution in [-0.2, 0) is 0 Å². The third kappa shape index (κ3) is 5.21. The SMILES string of the molecule is CC(C)COc1ccccc1C(C)CC(CN)CO. The fraction of sp³-hybridized carbons (Fsp3) is 0.625. The van der Waals surface area contributed by atoms with E-state index in [1.807, 2.05) is 18.2 Å². The van der Waals surface area contributed by atoms with E-state index in [9.17, 15) is 5.11 Å². The highest BCUT2D eigenvalue weighted by molar-refractivity contribution is 5.36. The van der Waals surface area contributed by atoms with E-state index in [0.717, 1.165) is 18.8 Å². The monoisotopic (exact) mass is 265 g/mol. The van der Waals surface area contributed by atoms with Crippen LogP contribution in [0.4, 0.5) is 0 Å². The molecule has 0 bridgehead atoms. The van der Waals surface area contributed by atoms with Crippen LogP contribution in [0.1, 0.15) is 38.7 Å². The van der Waals surface area contributed by atoms with Crippen molar-refractivity contribution in [3.63, 3.8) is 0 Å². The molecule has 0 amide bonds. The topological polar surface area (TPSA) is 55.5 Å². The van der Waals surface area contributed by atoms with Gasteiger partial charge in [-0.25, -0.2) is 0 Å². The normalized spacial score (nSPS) is 14.4. The molecule has 0 radical (unpaired) electrons. The van der Waals surface area contributed by atoms with Crippen molar-refractivity contribution in [2.45, 2.75) is 33.1 Å². The maximum atomic E-state index is 9.26. The maximum absolute atomic E-state index is 9.26. The van der Waals surface area contributed by atoms with Crippen LogP contribution in [0.25, 0.3) is 0 Å². The van der Waals surface area contributed by atoms with Crippen molar-refractivity contribution in [3.8, 4) is 5.75 Å². The number of aliphatic hydroxyl groups excluding tert-OH is 1. The fourth-order valence-electron chi connectivity index (χ4n) is 2.15. The third-order valence-corrected chi connectivity index (χ3v) is 3.30. The van der Waals surface area contributed by atoms with Gasteiger partial charge in [0, 0.05) is 6.61 Å². The largest absolute Gasteiger partial charge is 0.493 e. The molecule has 19 heavy (non-hydrogen) atoms. The molecule has 0 aromatic heterocycles. The molecule has 1 rings (SSSR count). The van der Waals surface area contributed by atoms with E-state index in [1.54, 1.807) is 0 Å². The second kappa shape index (κ2) is 8.18. The summed E-state index contributed by atoms with van der Waals surface area (Å²) in [5.41, 5.74) is 6.86. The molecule has 0 spiro atoms. The molecule has 1 aromatic carbocycles. The molecule has 0 aliphatic heterocycles. The zero-order valence-corrected chi connectivity index (χ0v) is 12.3. The minimum Gasteiger partial charge on any atom is -0.493 e. The van der Waals surface area contributed by atoms with Gasteiger partial charge in [-0.2, -0.15) is 0 Å². The van der Waals surface area contributed by atoms with Crippen molar-refractivity contribution < 1.29 is 9.84 Å². The Bertz CT molecular complexity index is 362. The minimum atomic E-state index is 0.149. The molecule has 3 heteroatoms. The first-order chi connectivity index (χ1) is 9.08. The first kappa shape index (κ1) is 16.0. The molecule has 3 N–H and O–H groups in total. The van der Waals surface area contributed by atoms with E-state index in [-0.39, 0.29) is 12.5 Å². The van der Waals surface area contributed by atoms with Crippen molar-refractivity contribution in [1.82, 2.24) is 0 Å². The average molecular weight is 265 g/mol. The summed E-state index contributed by atoms with van der Waals surface area (Å²) in [6, 6.07) is 8.15. The molecule has 0 aliphatic rings. The predicted molar refractivity (Wildman–Crippen MR) is 79.4 cm³/mol. The smallest absolute Gasteiger partial charge is 0.122 e. The molecular weight excluding hydrogens is 238 g/mol. The maximum Gasteiger partial charge on any atom is 0.122 e. The van der Waals surface area contributed by atoms with E-state index in [0.29, 0.717) is 18.4 Å². The molecule has 3 nitrogen and oxygen atoms in total. The van der Waals surface area contributed by atoms with Gasteiger partial charge >= 0.3 is 0 Å². The van der Waals surface area contributed by atoms with Crippen LogP contribution in [0.5, 0.6) is 5.75 Å². The van der Waals surface area contributed by atoms with Gasteiger partial charge in [0.2, 0.25) is 0 Å². The van der Waals surface area contributed by atoms with Gasteiger partial charge in [0.15, 0.2) is 0 Å². The lowest BCUT2D eigenvalue weighted by molar-refractivity contribution is 0.215. The Morgan fingerprint density at radius 1 is 1.21 bits per heavy atom. The van der Waals surface area contributed by atoms with Crippen LogP contribution < -0.4 is 10.5 Å². The van der Waals surface area contributed by atoms with Crippen molar-refractivity contribution in [1.29, 1.82) is 0 Å². The lowest BCUT2D eigenvalue weighted by atomic mass is 9.90. The highest BCUT2D eigenvalue weighted by atomic mass is 16.5. The van der Waals surface area contributed by atoms with Crippen LogP contribution in [0.3, 0.4) is 0 Å². The Morgan fingerprint density at radius 2 is 1.89 bits per heavy atom. The summed E-state index contributed by atoms with van der Waals surface area (Å²) in [4.78, 5) is 0. The van der Waals surface area contributed by atoms with E-state index in [1.165, 1.54) is 5.56 Å². The Morgan fingerprint density at radius 3 is 2.47 bits per heavy atom. The molecule has 2 unspecified atom stereocenters. The molecule has 0 heterocycles. The predicted octanol–water partition coefficient (Wildman–Crippen LogP) is 2.78. The van der Waals surface area contributed by atoms with Crippen molar-refractivity contribution in [3.05, 3.63) is 29.8 Å². The lowest BCUT2D eigenvalue weighted by Crippen LogP contribution is -2.20. The van der Waals surface area contributed by atoms with Crippen LogP contribution in [0.2, 0.25) is 0 Å². The molecule has 0 saturated carbocycles. The molecule has 2 atom stereocenters. The van der Waals surface area contributed by atoms with E-state index in [4.69, 9.17) is 10.5 Å². The standard InChI is InChI=1S/C16H27NO2/c1-12(2)11-19-16-7-5-4-6-15(16)13(3)8-14(9-17)10-18/h4-7,12-14,18H,8-11,17H2,1-3H3. The number of hydrogen-bond acceptors (Lipinski definition) is 3. The van der Waals surface area contributed by atoms with Gasteiger partial charge in [-0.1, -0.05) is 39.0 Å². The Hall–Kier alpha value is -1.06. The number of hydrogen-bond donors (Lipinski definition) is 2. The number of aliphatic hydroxyl groups is 1. The minimum absolute atomic E-state index is 0.149. The van der Waals surface area contributed by atoms with Crippen LogP contribution in [0, 0.1) is 11.8 Å². The van der Waals surface area contributed by atoms with Crippen molar-refractivity contribution >= 4 is 0 Å². The van der Waals surface area contributed by atoms with Gasteiger partial charge in [-0.3, -0.25) is 0 Å². The highest BCUT2D eigenvalue weighted by Gasteiger charge is 2.16. The zero-order valence-electron chi connectivity index (χ0n) is 12.3. The molecule has 108 valence electrons. The quantitative estimate of drug-likeness (QED) is 0.760. The van der Waals surface area contributed by atoms with Crippen LogP contribution in [0.15, 0.2) is 24.3 Å². The number of nitrogens with two attached hydrogens (primary N) is 1. The van der Waals surface area contributed by atoms with Gasteiger partial charge in [-0.05, 0) is 42.3 Å². The Balaban J connectivity index is 2.75. The number of rotatable bonds is 8. The molecular formula is C16H27NO2. The summed E-state index contributed by atoms with van der Waals surface area (Å²) in [5.74, 6) is 1.97. The van der Waals surface area contributed by atoms with Gasteiger partial charge < -0.3 is 15.6 Å². The molecule has 0 fully saturated rings. The summed E-state index contributed by atoms with van der Waals surface area (Å²) in [7, 11) is 0. The summed E-state index contributed by atoms with van der Waals surface area (Å²) in [5, 5.41) is 9.26. The first-order valence-corrected chi connectivity index (χ1v) is 7.11. The van der Waals surface area contributed by atoms with Gasteiger partial charge in [0.05, 0.1) is 6.61 Å². The summed E-state index contributed by atoms with van der Waals surface area (Å²) in [6.07, 6.45) is 0.884. The van der Waals surface area contributed by atoms with Gasteiger partial charge in [0.25, 0.3) is 0 Å². The molecule has 0 saturated heterocycles. The van der Waals surface area contributed by atoms with Crippen LogP contribution >= 0.6 is 0 Å². The van der Waals surface area contributed by atoms with E-state index in [2.05, 4.69) is 26.8 Å². The van der Waals surface area contributed by atoms with Crippen LogP contribution in [-0.4, -0.2) is 24.9 Å². The summed E-state index contributed by atoms with van der Waals surface area (Å²) in [6.45, 7) is 7.84. The molecule has 1 aromatic rings. The molecule has 0 aliphatic carbocycles. The van der Waals surface area contributed by atoms with E-state index < -0.39 is 0 Å². The Kier molecular flexibility index (Phi) is 6.89. The third-order valence-electron chi connectivity index (χ3n) is 3.30. The summed E-state index contributed by atoms with van der Waals surface area (Å²) < 4.78 is 5.87. The number of para-hydroxylation sites is 1. The summed E-state index contributed by atoms with van der Waals surface area (Å²) >= 11 is 0. The van der Waals surface area contributed by atoms with Gasteiger partial charge in [0.1, 0.15) is 5.75 Å². The fourth-order valence-corrected chi connectivity index (χ4v) is 2.15. The average Bonchev–Trinajstić information content (AvgIpc) is 2.42. The number of ether oxygens (including phenoxy) is 1. The second-order valence-corrected chi connectivity index (χ2v) is 5.66. The first-order valence-electron chi connectivity index (χ1n) is 7.11. The Labute approximate surface area is 116 Å². The van der Waals surface area contributed by atoms with E-state index >= 15 is 0 Å². The van der Waals surface area contributed by atoms with Crippen molar-refractivity contribution in [2.24, 2.45) is 17.6 Å². The van der Waals surface area contributed by atoms with Crippen molar-refractivity contribution in [2.75, 3.05) is 19.8 Å². The van der Waals surface area contributed by atoms with Gasteiger partial charge in [-0.15, -0.1) is 0 Å². The zero-order chi connectivity index (χ0) is 14.3. The lowest BCUT2D eigenvalue weighted by Gasteiger charge is -2.21. The second-order valence-electron chi connectivity index (χ2n) is 5.66.